The molecule has 0 saturated carbocycles. The maximum Gasteiger partial charge on any atom is 0.194 e. The molecule has 1 fully saturated rings. The maximum atomic E-state index is 14.3. The summed E-state index contributed by atoms with van der Waals surface area (Å²) in [4.78, 5) is 14.3. The summed E-state index contributed by atoms with van der Waals surface area (Å²) < 4.78 is 30.2. The van der Waals surface area contributed by atoms with Gasteiger partial charge < -0.3 is 33.9 Å². The molecule has 49 heavy (non-hydrogen) atoms. The average Bonchev–Trinajstić information content (AvgIpc) is 3.34. The Morgan fingerprint density at radius 3 is 2.10 bits per heavy atom. The molecule has 0 aromatic heterocycles. The Morgan fingerprint density at radius 2 is 1.51 bits per heavy atom. The second-order valence-electron chi connectivity index (χ2n) is 12.8. The number of ether oxygens (including phenoxy) is 5. The zero-order valence-electron chi connectivity index (χ0n) is 28.4. The summed E-state index contributed by atoms with van der Waals surface area (Å²) in [5, 5.41) is 24.4. The van der Waals surface area contributed by atoms with Crippen molar-refractivity contribution in [2.45, 2.75) is 83.1 Å². The van der Waals surface area contributed by atoms with Crippen molar-refractivity contribution in [2.75, 3.05) is 13.2 Å². The number of ketones is 1. The first-order valence-electron chi connectivity index (χ1n) is 16.6. The molecule has 4 aromatic rings. The van der Waals surface area contributed by atoms with E-state index in [2.05, 4.69) is 0 Å². The number of rotatable bonds is 16. The lowest BCUT2D eigenvalue weighted by Crippen LogP contribution is -2.61. The highest BCUT2D eigenvalue weighted by molar-refractivity contribution is 6.31. The molecule has 4 aromatic carbocycles. The minimum Gasteiger partial charge on any atom is -0.494 e. The molecule has 0 aliphatic carbocycles. The fourth-order valence-corrected chi connectivity index (χ4v) is 6.37. The van der Waals surface area contributed by atoms with Crippen LogP contribution in [-0.4, -0.2) is 65.0 Å². The monoisotopic (exact) mass is 688 g/mol. The summed E-state index contributed by atoms with van der Waals surface area (Å²) >= 11 is 6.60. The summed E-state index contributed by atoms with van der Waals surface area (Å²) in [6.07, 6.45) is -5.07. The van der Waals surface area contributed by atoms with Crippen LogP contribution < -0.4 is 4.74 Å². The van der Waals surface area contributed by atoms with E-state index in [0.717, 1.165) is 28.0 Å². The van der Waals surface area contributed by atoms with E-state index in [1.54, 1.807) is 39.0 Å². The fraction of sp³-hybridized carbons (Fsp3) is 0.375. The molecule has 5 rings (SSSR count). The summed E-state index contributed by atoms with van der Waals surface area (Å²) in [7, 11) is 0. The number of hydrogen-bond donors (Lipinski definition) is 2. The molecular formula is C40H45ClO8. The van der Waals surface area contributed by atoms with Gasteiger partial charge in [-0.1, -0.05) is 84.4 Å². The van der Waals surface area contributed by atoms with Crippen molar-refractivity contribution in [3.05, 3.63) is 136 Å². The third kappa shape index (κ3) is 9.15. The van der Waals surface area contributed by atoms with Crippen LogP contribution in [0.15, 0.2) is 103 Å². The number of aliphatic hydroxyl groups excluding tert-OH is 2. The topological polar surface area (TPSA) is 104 Å². The highest BCUT2D eigenvalue weighted by Crippen LogP contribution is 2.41. The molecule has 8 nitrogen and oxygen atoms in total. The molecule has 1 saturated heterocycles. The lowest BCUT2D eigenvalue weighted by Gasteiger charge is -2.40. The van der Waals surface area contributed by atoms with Crippen molar-refractivity contribution in [3.8, 4) is 5.75 Å². The van der Waals surface area contributed by atoms with E-state index >= 15 is 0 Å². The van der Waals surface area contributed by atoms with E-state index in [1.165, 1.54) is 0 Å². The van der Waals surface area contributed by atoms with Crippen molar-refractivity contribution in [1.82, 2.24) is 0 Å². The van der Waals surface area contributed by atoms with Crippen molar-refractivity contribution in [3.63, 3.8) is 0 Å². The third-order valence-electron chi connectivity index (χ3n) is 8.65. The highest BCUT2D eigenvalue weighted by atomic mass is 35.5. The van der Waals surface area contributed by atoms with E-state index in [0.29, 0.717) is 18.1 Å². The van der Waals surface area contributed by atoms with Gasteiger partial charge in [-0.25, -0.2) is 0 Å². The van der Waals surface area contributed by atoms with Gasteiger partial charge in [0, 0.05) is 10.6 Å². The predicted molar refractivity (Wildman–Crippen MR) is 188 cm³/mol. The zero-order valence-corrected chi connectivity index (χ0v) is 29.1. The van der Waals surface area contributed by atoms with Crippen LogP contribution >= 0.6 is 11.6 Å². The molecule has 9 heteroatoms. The normalized spacial score (nSPS) is 20.4. The van der Waals surface area contributed by atoms with Crippen molar-refractivity contribution in [2.24, 2.45) is 0 Å². The van der Waals surface area contributed by atoms with Crippen LogP contribution in [0.1, 0.15) is 60.3 Å². The first kappa shape index (κ1) is 36.7. The van der Waals surface area contributed by atoms with Crippen LogP contribution in [0.25, 0.3) is 0 Å². The van der Waals surface area contributed by atoms with Gasteiger partial charge in [-0.2, -0.15) is 0 Å². The Morgan fingerprint density at radius 1 is 0.878 bits per heavy atom. The Balaban J connectivity index is 1.42. The quantitative estimate of drug-likeness (QED) is 0.122. The summed E-state index contributed by atoms with van der Waals surface area (Å²) in [6, 6.07) is 31.6. The lowest BCUT2D eigenvalue weighted by molar-refractivity contribution is -0.223. The molecule has 1 aliphatic heterocycles. The van der Waals surface area contributed by atoms with Gasteiger partial charge in [-0.05, 0) is 86.7 Å². The largest absolute Gasteiger partial charge is 0.494 e. The number of aliphatic hydroxyl groups is 2. The van der Waals surface area contributed by atoms with Gasteiger partial charge in [0.2, 0.25) is 0 Å². The standard InChI is InChI=1S/C40H45ClO8/c1-5-46-33-19-16-28(17-20-33)22-32-23-31(18-21-34(32)41)35(42)37(47-25-30-14-10-7-11-15-30)36(43)38(44)40(27(2)48-39(3,4)49-40)26-45-24-29-12-8-6-9-13-29/h6-21,23,27,36-38,43-44H,5,22,24-26H2,1-4H3/t27-,36-,37+,38+,40-/m1/s1. The van der Waals surface area contributed by atoms with Crippen molar-refractivity contribution in [1.29, 1.82) is 0 Å². The molecule has 0 bridgehead atoms. The summed E-state index contributed by atoms with van der Waals surface area (Å²) in [6.45, 7) is 7.87. The minimum atomic E-state index is -1.72. The van der Waals surface area contributed by atoms with Crippen LogP contribution in [-0.2, 0) is 38.6 Å². The van der Waals surface area contributed by atoms with Crippen LogP contribution in [0, 0.1) is 0 Å². The number of halogens is 1. The predicted octanol–water partition coefficient (Wildman–Crippen LogP) is 6.95. The number of benzene rings is 4. The molecule has 2 N–H and O–H groups in total. The first-order valence-corrected chi connectivity index (χ1v) is 16.9. The van der Waals surface area contributed by atoms with Crippen LogP contribution in [0.2, 0.25) is 5.02 Å². The van der Waals surface area contributed by atoms with Gasteiger partial charge in [0.15, 0.2) is 11.6 Å². The van der Waals surface area contributed by atoms with Gasteiger partial charge in [0.25, 0.3) is 0 Å². The molecule has 1 aliphatic rings. The minimum absolute atomic E-state index is 0.0174. The van der Waals surface area contributed by atoms with E-state index < -0.39 is 41.6 Å². The molecule has 1 heterocycles. The van der Waals surface area contributed by atoms with E-state index in [4.69, 9.17) is 35.3 Å². The van der Waals surface area contributed by atoms with Crippen molar-refractivity contribution >= 4 is 17.4 Å². The van der Waals surface area contributed by atoms with Crippen LogP contribution in [0.3, 0.4) is 0 Å². The second-order valence-corrected chi connectivity index (χ2v) is 13.2. The van der Waals surface area contributed by atoms with E-state index in [-0.39, 0.29) is 25.4 Å². The fourth-order valence-electron chi connectivity index (χ4n) is 6.19. The lowest BCUT2D eigenvalue weighted by atomic mass is 9.84. The smallest absolute Gasteiger partial charge is 0.194 e. The summed E-state index contributed by atoms with van der Waals surface area (Å²) in [5.74, 6) is -0.838. The molecule has 0 unspecified atom stereocenters. The van der Waals surface area contributed by atoms with Gasteiger partial charge in [-0.15, -0.1) is 0 Å². The number of Topliss-reactive ketones (excluding diaryl/α,β-unsaturated/α-hetero) is 1. The number of carbonyl (C=O) groups excluding carboxylic acids is 1. The third-order valence-corrected chi connectivity index (χ3v) is 9.02. The zero-order chi connectivity index (χ0) is 35.0. The van der Waals surface area contributed by atoms with Crippen LogP contribution in [0.4, 0.5) is 0 Å². The summed E-state index contributed by atoms with van der Waals surface area (Å²) in [5.41, 5.74) is 2.19. The number of hydrogen-bond acceptors (Lipinski definition) is 8. The number of carbonyl (C=O) groups is 1. The molecular weight excluding hydrogens is 644 g/mol. The molecule has 260 valence electrons. The maximum absolute atomic E-state index is 14.3. The van der Waals surface area contributed by atoms with Gasteiger partial charge in [-0.3, -0.25) is 4.79 Å². The Bertz CT molecular complexity index is 1650. The first-order chi connectivity index (χ1) is 23.5. The Kier molecular flexibility index (Phi) is 12.3. The second kappa shape index (κ2) is 16.4. The van der Waals surface area contributed by atoms with Gasteiger partial charge in [0.05, 0.1) is 32.5 Å². The van der Waals surface area contributed by atoms with Gasteiger partial charge >= 0.3 is 0 Å². The van der Waals surface area contributed by atoms with E-state index in [9.17, 15) is 15.0 Å². The molecule has 0 amide bonds. The average molecular weight is 689 g/mol. The van der Waals surface area contributed by atoms with E-state index in [1.807, 2.05) is 91.9 Å². The molecule has 0 spiro atoms. The Hall–Kier alpha value is -3.60. The molecule has 0 radical (unpaired) electrons. The Labute approximate surface area is 293 Å². The molecule has 5 atom stereocenters. The van der Waals surface area contributed by atoms with Crippen LogP contribution in [0.5, 0.6) is 5.75 Å². The van der Waals surface area contributed by atoms with Gasteiger partial charge in [0.1, 0.15) is 29.7 Å². The SMILES string of the molecule is CCOc1ccc(Cc2cc(C(=O)[C@H](OCc3ccccc3)[C@@H](O)[C@H](O)[C@]3(COCc4ccccc4)OC(C)(C)O[C@@H]3C)ccc2Cl)cc1. The highest BCUT2D eigenvalue weighted by Gasteiger charge is 2.59. The van der Waals surface area contributed by atoms with Crippen molar-refractivity contribution < 1.29 is 38.7 Å².